The van der Waals surface area contributed by atoms with Gasteiger partial charge in [0.2, 0.25) is 0 Å². The number of rotatable bonds is 5. The van der Waals surface area contributed by atoms with Crippen LogP contribution >= 0.6 is 0 Å². The number of pyridine rings is 1. The third kappa shape index (κ3) is 3.70. The van der Waals surface area contributed by atoms with Crippen molar-refractivity contribution < 1.29 is 14.7 Å². The average molecular weight is 439 g/mol. The van der Waals surface area contributed by atoms with Gasteiger partial charge in [-0.05, 0) is 67.4 Å². The van der Waals surface area contributed by atoms with E-state index in [1.807, 2.05) is 0 Å². The fourth-order valence-corrected chi connectivity index (χ4v) is 6.35. The highest BCUT2D eigenvalue weighted by Gasteiger charge is 2.53. The number of aromatic nitrogens is 2. The van der Waals surface area contributed by atoms with Gasteiger partial charge in [0, 0.05) is 12.7 Å². The molecule has 0 aromatic carbocycles. The molecule has 3 N–H and O–H groups in total. The molecule has 2 bridgehead atoms. The number of imidazole rings is 1. The van der Waals surface area contributed by atoms with Crippen LogP contribution in [0.3, 0.4) is 0 Å². The fraction of sp³-hybridized carbons (Fsp3) is 0.640. The highest BCUT2D eigenvalue weighted by atomic mass is 16.3. The van der Waals surface area contributed by atoms with Crippen LogP contribution in [0.1, 0.15) is 79.8 Å². The number of nitrogens with one attached hydrogen (secondary N) is 2. The number of hydrogen-bond acceptors (Lipinski definition) is 4. The largest absolute Gasteiger partial charge is 0.391 e. The third-order valence-corrected chi connectivity index (χ3v) is 8.53. The van der Waals surface area contributed by atoms with Crippen molar-refractivity contribution in [3.63, 3.8) is 0 Å². The Kier molecular flexibility index (Phi) is 5.48. The molecule has 6 rings (SSSR count). The van der Waals surface area contributed by atoms with E-state index in [4.69, 9.17) is 0 Å². The Bertz CT molecular complexity index is 1030. The molecule has 4 fully saturated rings. The molecule has 7 heteroatoms. The smallest absolute Gasteiger partial charge is 0.271 e. The van der Waals surface area contributed by atoms with Gasteiger partial charge >= 0.3 is 0 Å². The summed E-state index contributed by atoms with van der Waals surface area (Å²) >= 11 is 0. The van der Waals surface area contributed by atoms with Gasteiger partial charge in [-0.25, -0.2) is 4.98 Å². The van der Waals surface area contributed by atoms with Gasteiger partial charge in [0.15, 0.2) is 0 Å². The minimum absolute atomic E-state index is 0.137. The standard InChI is InChI=1S/C25H34N4O3/c1-25(2)16-11-10-15(17(25)12-16)13-26-24(32)20-7-5-9-22-27-19(14-29(20)22)23(31)28-18-6-3-4-8-21(18)30/h5,7,9,14-18,21,30H,3-4,6,8,10-13H2,1-2H3,(H,26,32)(H,28,31)/t15-,16-,17-,18?,21?/m0/s1. The van der Waals surface area contributed by atoms with Gasteiger partial charge < -0.3 is 15.7 Å². The molecular formula is C25H34N4O3. The Labute approximate surface area is 189 Å². The summed E-state index contributed by atoms with van der Waals surface area (Å²) < 4.78 is 1.69. The number of aliphatic hydroxyl groups is 1. The molecule has 0 radical (unpaired) electrons. The Hall–Kier alpha value is -2.41. The number of fused-ring (bicyclic) bond motifs is 3. The molecule has 4 aliphatic carbocycles. The van der Waals surface area contributed by atoms with Crippen LogP contribution in [0.4, 0.5) is 0 Å². The third-order valence-electron chi connectivity index (χ3n) is 8.53. The molecule has 2 aromatic rings. The monoisotopic (exact) mass is 438 g/mol. The highest BCUT2D eigenvalue weighted by molar-refractivity contribution is 5.95. The van der Waals surface area contributed by atoms with Crippen LogP contribution in [0.15, 0.2) is 24.4 Å². The molecule has 0 saturated heterocycles. The van der Waals surface area contributed by atoms with Gasteiger partial charge in [-0.1, -0.05) is 32.8 Å². The first kappa shape index (κ1) is 21.4. The molecule has 2 aromatic heterocycles. The summed E-state index contributed by atoms with van der Waals surface area (Å²) in [6.07, 6.45) is 8.31. The Morgan fingerprint density at radius 2 is 1.97 bits per heavy atom. The SMILES string of the molecule is CC1(C)[C@H]2CC[C@@H](CNC(=O)c3cccc4nc(C(=O)NC5CCCCC5O)cn34)[C@@H]1C2. The Morgan fingerprint density at radius 1 is 1.16 bits per heavy atom. The molecule has 2 heterocycles. The lowest BCUT2D eigenvalue weighted by Crippen LogP contribution is -2.54. The zero-order valence-corrected chi connectivity index (χ0v) is 19.0. The summed E-state index contributed by atoms with van der Waals surface area (Å²) in [7, 11) is 0. The van der Waals surface area contributed by atoms with E-state index >= 15 is 0 Å². The van der Waals surface area contributed by atoms with E-state index in [0.717, 1.165) is 25.2 Å². The van der Waals surface area contributed by atoms with Crippen molar-refractivity contribution >= 4 is 17.5 Å². The second kappa shape index (κ2) is 8.18. The second-order valence-electron chi connectivity index (χ2n) is 10.6. The molecule has 0 spiro atoms. The van der Waals surface area contributed by atoms with Crippen molar-refractivity contribution in [1.82, 2.24) is 20.0 Å². The van der Waals surface area contributed by atoms with Crippen LogP contribution in [-0.2, 0) is 0 Å². The number of amides is 2. The van der Waals surface area contributed by atoms with E-state index in [2.05, 4.69) is 29.5 Å². The zero-order chi connectivity index (χ0) is 22.5. The Morgan fingerprint density at radius 3 is 2.72 bits per heavy atom. The number of carbonyl (C=O) groups excluding carboxylic acids is 2. The van der Waals surface area contributed by atoms with E-state index in [-0.39, 0.29) is 23.6 Å². The lowest BCUT2D eigenvalue weighted by Gasteiger charge is -2.60. The normalized spacial score (nSPS) is 31.0. The van der Waals surface area contributed by atoms with E-state index in [1.54, 1.807) is 28.8 Å². The quantitative estimate of drug-likeness (QED) is 0.668. The molecule has 5 atom stereocenters. The number of carbonyl (C=O) groups is 2. The lowest BCUT2D eigenvalue weighted by molar-refractivity contribution is -0.103. The predicted molar refractivity (Wildman–Crippen MR) is 121 cm³/mol. The van der Waals surface area contributed by atoms with Crippen LogP contribution in [-0.4, -0.2) is 45.0 Å². The fourth-order valence-electron chi connectivity index (χ4n) is 6.35. The van der Waals surface area contributed by atoms with Gasteiger partial charge in [-0.15, -0.1) is 0 Å². The van der Waals surface area contributed by atoms with Crippen LogP contribution in [0, 0.1) is 23.2 Å². The van der Waals surface area contributed by atoms with Crippen molar-refractivity contribution in [2.24, 2.45) is 23.2 Å². The highest BCUT2D eigenvalue weighted by Crippen LogP contribution is 2.61. The Balaban J connectivity index is 1.27. The predicted octanol–water partition coefficient (Wildman–Crippen LogP) is 3.17. The molecule has 7 nitrogen and oxygen atoms in total. The number of nitrogens with zero attached hydrogens (tertiary/aromatic N) is 2. The van der Waals surface area contributed by atoms with E-state index in [0.29, 0.717) is 41.6 Å². The summed E-state index contributed by atoms with van der Waals surface area (Å²) in [6, 6.07) is 5.11. The summed E-state index contributed by atoms with van der Waals surface area (Å²) in [4.78, 5) is 30.2. The van der Waals surface area contributed by atoms with E-state index in [1.165, 1.54) is 19.3 Å². The molecule has 4 saturated carbocycles. The summed E-state index contributed by atoms with van der Waals surface area (Å²) in [6.45, 7) is 5.42. The molecule has 32 heavy (non-hydrogen) atoms. The van der Waals surface area contributed by atoms with E-state index in [9.17, 15) is 14.7 Å². The first-order valence-corrected chi connectivity index (χ1v) is 12.1. The molecule has 0 aliphatic heterocycles. The summed E-state index contributed by atoms with van der Waals surface area (Å²) in [5.41, 5.74) is 1.70. The number of hydrogen-bond donors (Lipinski definition) is 3. The van der Waals surface area contributed by atoms with Gasteiger partial charge in [-0.3, -0.25) is 14.0 Å². The molecular weight excluding hydrogens is 404 g/mol. The van der Waals surface area contributed by atoms with E-state index < -0.39 is 6.10 Å². The maximum Gasteiger partial charge on any atom is 0.271 e. The first-order chi connectivity index (χ1) is 15.3. The van der Waals surface area contributed by atoms with Crippen LogP contribution < -0.4 is 10.6 Å². The van der Waals surface area contributed by atoms with Gasteiger partial charge in [-0.2, -0.15) is 0 Å². The molecule has 2 amide bonds. The van der Waals surface area contributed by atoms with Gasteiger partial charge in [0.1, 0.15) is 17.0 Å². The van der Waals surface area contributed by atoms with Crippen LogP contribution in [0.25, 0.3) is 5.65 Å². The average Bonchev–Trinajstić information content (AvgIpc) is 3.23. The van der Waals surface area contributed by atoms with Crippen molar-refractivity contribution in [1.29, 1.82) is 0 Å². The minimum atomic E-state index is -0.512. The van der Waals surface area contributed by atoms with Crippen molar-refractivity contribution in [3.8, 4) is 0 Å². The number of aliphatic hydroxyl groups excluding tert-OH is 1. The second-order valence-corrected chi connectivity index (χ2v) is 10.6. The maximum atomic E-state index is 13.0. The molecule has 4 aliphatic rings. The van der Waals surface area contributed by atoms with Crippen LogP contribution in [0.2, 0.25) is 0 Å². The van der Waals surface area contributed by atoms with Gasteiger partial charge in [0.25, 0.3) is 11.8 Å². The first-order valence-electron chi connectivity index (χ1n) is 12.1. The lowest BCUT2D eigenvalue weighted by atomic mass is 9.45. The maximum absolute atomic E-state index is 13.0. The van der Waals surface area contributed by atoms with Crippen LogP contribution in [0.5, 0.6) is 0 Å². The van der Waals surface area contributed by atoms with Gasteiger partial charge in [0.05, 0.1) is 12.1 Å². The summed E-state index contributed by atoms with van der Waals surface area (Å²) in [5, 5.41) is 16.2. The molecule has 172 valence electrons. The van der Waals surface area contributed by atoms with Crippen molar-refractivity contribution in [3.05, 3.63) is 35.8 Å². The van der Waals surface area contributed by atoms with Crippen molar-refractivity contribution in [2.45, 2.75) is 70.9 Å². The molecule has 2 unspecified atom stereocenters. The zero-order valence-electron chi connectivity index (χ0n) is 19.0. The van der Waals surface area contributed by atoms with Crippen molar-refractivity contribution in [2.75, 3.05) is 6.54 Å². The minimum Gasteiger partial charge on any atom is -0.391 e. The topological polar surface area (TPSA) is 95.7 Å². The summed E-state index contributed by atoms with van der Waals surface area (Å²) in [5.74, 6) is 1.62.